The fourth-order valence-corrected chi connectivity index (χ4v) is 3.58. The maximum absolute atomic E-state index is 11.7. The summed E-state index contributed by atoms with van der Waals surface area (Å²) in [5.74, 6) is 2.36. The number of likely N-dealkylation sites (tertiary alicyclic amines) is 1. The number of benzene rings is 1. The maximum Gasteiger partial charge on any atom is 0.341 e. The summed E-state index contributed by atoms with van der Waals surface area (Å²) in [6, 6.07) is 12.3. The van der Waals surface area contributed by atoms with Crippen LogP contribution in [0.1, 0.15) is 33.9 Å². The molecule has 0 radical (unpaired) electrons. The van der Waals surface area contributed by atoms with Crippen LogP contribution in [0.5, 0.6) is 0 Å². The second-order valence-corrected chi connectivity index (χ2v) is 6.87. The van der Waals surface area contributed by atoms with Gasteiger partial charge in [0.1, 0.15) is 17.1 Å². The van der Waals surface area contributed by atoms with E-state index < -0.39 is 0 Å². The van der Waals surface area contributed by atoms with Gasteiger partial charge in [-0.05, 0) is 37.3 Å². The van der Waals surface area contributed by atoms with Crippen LogP contribution in [0.2, 0.25) is 0 Å². The first-order valence-corrected chi connectivity index (χ1v) is 9.28. The molecule has 0 spiro atoms. The number of methoxy groups -OCH3 is 1. The summed E-state index contributed by atoms with van der Waals surface area (Å²) < 4.78 is 10.4. The van der Waals surface area contributed by atoms with Crippen LogP contribution >= 0.6 is 24.0 Å². The molecule has 1 aliphatic rings. The summed E-state index contributed by atoms with van der Waals surface area (Å²) in [6.07, 6.45) is 2.25. The Morgan fingerprint density at radius 3 is 2.79 bits per heavy atom. The second-order valence-electron chi connectivity index (χ2n) is 6.87. The molecule has 152 valence electrons. The Morgan fingerprint density at radius 1 is 1.36 bits per heavy atom. The lowest BCUT2D eigenvalue weighted by Crippen LogP contribution is -2.39. The molecule has 1 unspecified atom stereocenters. The number of carbonyl (C=O) groups is 1. The minimum atomic E-state index is -0.379. The Hall–Kier alpha value is -2.03. The summed E-state index contributed by atoms with van der Waals surface area (Å²) >= 11 is 0. The first kappa shape index (κ1) is 22.3. The van der Waals surface area contributed by atoms with Crippen molar-refractivity contribution in [1.29, 1.82) is 0 Å². The first-order chi connectivity index (χ1) is 13.1. The zero-order valence-electron chi connectivity index (χ0n) is 16.6. The van der Waals surface area contributed by atoms with Gasteiger partial charge < -0.3 is 19.4 Å². The van der Waals surface area contributed by atoms with Gasteiger partial charge in [-0.3, -0.25) is 4.99 Å². The molecular weight excluding hydrogens is 469 g/mol. The third-order valence-corrected chi connectivity index (χ3v) is 4.96. The summed E-state index contributed by atoms with van der Waals surface area (Å²) in [7, 11) is 3.16. The lowest BCUT2D eigenvalue weighted by molar-refractivity contribution is 0.0599. The third kappa shape index (κ3) is 5.50. The largest absolute Gasteiger partial charge is 0.465 e. The van der Waals surface area contributed by atoms with Crippen LogP contribution in [0.25, 0.3) is 0 Å². The molecule has 7 heteroatoms. The summed E-state index contributed by atoms with van der Waals surface area (Å²) in [5.41, 5.74) is 1.85. The average molecular weight is 497 g/mol. The van der Waals surface area contributed by atoms with Gasteiger partial charge in [0.05, 0.1) is 13.7 Å². The summed E-state index contributed by atoms with van der Waals surface area (Å²) in [6.45, 7) is 4.21. The maximum atomic E-state index is 11.7. The standard InChI is InChI=1S/C21H27N3O3.HI/c1-15-19(20(25)26-3)12-18(27-15)13-23-21(22-2)24-10-9-17(14-24)11-16-7-5-4-6-8-16;/h4-8,12,17H,9-11,13-14H2,1-3H3,(H,22,23);1H. The molecule has 1 aliphatic heterocycles. The molecule has 1 saturated heterocycles. The molecule has 2 heterocycles. The van der Waals surface area contributed by atoms with Crippen LogP contribution in [-0.4, -0.2) is 44.1 Å². The fraction of sp³-hybridized carbons (Fsp3) is 0.429. The zero-order valence-corrected chi connectivity index (χ0v) is 18.9. The second kappa shape index (κ2) is 10.5. The number of halogens is 1. The monoisotopic (exact) mass is 497 g/mol. The molecule has 6 nitrogen and oxygen atoms in total. The van der Waals surface area contributed by atoms with Crippen LogP contribution in [0.3, 0.4) is 0 Å². The smallest absolute Gasteiger partial charge is 0.341 e. The van der Waals surface area contributed by atoms with E-state index in [2.05, 4.69) is 45.5 Å². The number of aryl methyl sites for hydroxylation is 1. The van der Waals surface area contributed by atoms with E-state index >= 15 is 0 Å². The number of hydrogen-bond donors (Lipinski definition) is 1. The predicted molar refractivity (Wildman–Crippen MR) is 120 cm³/mol. The van der Waals surface area contributed by atoms with E-state index in [0.717, 1.165) is 31.9 Å². The number of furan rings is 1. The predicted octanol–water partition coefficient (Wildman–Crippen LogP) is 3.63. The van der Waals surface area contributed by atoms with E-state index in [1.54, 1.807) is 20.0 Å². The SMILES string of the molecule is CN=C(NCc1cc(C(=O)OC)c(C)o1)N1CCC(Cc2ccccc2)C1.I. The Bertz CT molecular complexity index is 804. The number of nitrogens with one attached hydrogen (secondary N) is 1. The molecule has 0 aliphatic carbocycles. The highest BCUT2D eigenvalue weighted by Crippen LogP contribution is 2.21. The molecule has 1 fully saturated rings. The number of hydrogen-bond acceptors (Lipinski definition) is 4. The Kier molecular flexibility index (Phi) is 8.35. The Balaban J connectivity index is 0.00000280. The third-order valence-electron chi connectivity index (χ3n) is 4.96. The van der Waals surface area contributed by atoms with Crippen molar-refractivity contribution in [3.63, 3.8) is 0 Å². The van der Waals surface area contributed by atoms with Crippen LogP contribution in [0.4, 0.5) is 0 Å². The number of guanidine groups is 1. The Morgan fingerprint density at radius 2 is 2.11 bits per heavy atom. The van der Waals surface area contributed by atoms with E-state index in [-0.39, 0.29) is 29.9 Å². The van der Waals surface area contributed by atoms with E-state index in [0.29, 0.717) is 29.5 Å². The zero-order chi connectivity index (χ0) is 19.2. The van der Waals surface area contributed by atoms with Crippen LogP contribution < -0.4 is 5.32 Å². The van der Waals surface area contributed by atoms with Crippen molar-refractivity contribution in [2.24, 2.45) is 10.9 Å². The van der Waals surface area contributed by atoms with Crippen molar-refractivity contribution in [2.75, 3.05) is 27.2 Å². The van der Waals surface area contributed by atoms with Crippen LogP contribution in [0, 0.1) is 12.8 Å². The van der Waals surface area contributed by atoms with Crippen LogP contribution in [-0.2, 0) is 17.7 Å². The molecule has 0 amide bonds. The molecule has 2 aromatic rings. The molecule has 0 saturated carbocycles. The van der Waals surface area contributed by atoms with Gasteiger partial charge in [-0.15, -0.1) is 24.0 Å². The quantitative estimate of drug-likeness (QED) is 0.296. The number of esters is 1. The van der Waals surface area contributed by atoms with Crippen LogP contribution in [0.15, 0.2) is 45.8 Å². The minimum Gasteiger partial charge on any atom is -0.465 e. The van der Waals surface area contributed by atoms with Crippen molar-refractivity contribution < 1.29 is 13.9 Å². The normalized spacial score (nSPS) is 16.6. The highest BCUT2D eigenvalue weighted by molar-refractivity contribution is 14.0. The van der Waals surface area contributed by atoms with Crippen molar-refractivity contribution in [2.45, 2.75) is 26.3 Å². The summed E-state index contributed by atoms with van der Waals surface area (Å²) in [4.78, 5) is 18.4. The molecule has 3 rings (SSSR count). The van der Waals surface area contributed by atoms with Gasteiger partial charge >= 0.3 is 5.97 Å². The molecule has 1 atom stereocenters. The fourth-order valence-electron chi connectivity index (χ4n) is 3.58. The molecule has 28 heavy (non-hydrogen) atoms. The highest BCUT2D eigenvalue weighted by atomic mass is 127. The molecule has 1 aromatic carbocycles. The van der Waals surface area contributed by atoms with Crippen molar-refractivity contribution >= 4 is 35.9 Å². The lowest BCUT2D eigenvalue weighted by atomic mass is 9.99. The number of aliphatic imine (C=N–C) groups is 1. The van der Waals surface area contributed by atoms with Crippen molar-refractivity contribution in [3.8, 4) is 0 Å². The topological polar surface area (TPSA) is 67.1 Å². The lowest BCUT2D eigenvalue weighted by Gasteiger charge is -2.21. The number of carbonyl (C=O) groups excluding carboxylic acids is 1. The van der Waals surface area contributed by atoms with Crippen molar-refractivity contribution in [1.82, 2.24) is 10.2 Å². The van der Waals surface area contributed by atoms with E-state index in [9.17, 15) is 4.79 Å². The molecule has 1 aromatic heterocycles. The number of rotatable bonds is 5. The van der Waals surface area contributed by atoms with Gasteiger partial charge in [-0.2, -0.15) is 0 Å². The Labute approximate surface area is 183 Å². The van der Waals surface area contributed by atoms with Gasteiger partial charge in [0, 0.05) is 20.1 Å². The molecule has 0 bridgehead atoms. The van der Waals surface area contributed by atoms with Gasteiger partial charge in [0.2, 0.25) is 0 Å². The number of ether oxygens (including phenoxy) is 1. The van der Waals surface area contributed by atoms with Gasteiger partial charge in [0.15, 0.2) is 5.96 Å². The van der Waals surface area contributed by atoms with E-state index in [4.69, 9.17) is 9.15 Å². The molecular formula is C21H28IN3O3. The van der Waals surface area contributed by atoms with Gasteiger partial charge in [-0.1, -0.05) is 30.3 Å². The van der Waals surface area contributed by atoms with Gasteiger partial charge in [-0.25, -0.2) is 4.79 Å². The highest BCUT2D eigenvalue weighted by Gasteiger charge is 2.25. The summed E-state index contributed by atoms with van der Waals surface area (Å²) in [5, 5.41) is 3.34. The van der Waals surface area contributed by atoms with Crippen molar-refractivity contribution in [3.05, 3.63) is 59.0 Å². The number of nitrogens with zero attached hydrogens (tertiary/aromatic N) is 2. The minimum absolute atomic E-state index is 0. The molecule has 1 N–H and O–H groups in total. The van der Waals surface area contributed by atoms with E-state index in [1.165, 1.54) is 12.7 Å². The van der Waals surface area contributed by atoms with E-state index in [1.807, 2.05) is 0 Å². The average Bonchev–Trinajstić information content (AvgIpc) is 3.29. The first-order valence-electron chi connectivity index (χ1n) is 9.28. The van der Waals surface area contributed by atoms with Gasteiger partial charge in [0.25, 0.3) is 0 Å².